The molecule has 0 aliphatic carbocycles. The summed E-state index contributed by atoms with van der Waals surface area (Å²) < 4.78 is 0. The zero-order chi connectivity index (χ0) is 18.6. The van der Waals surface area contributed by atoms with Crippen molar-refractivity contribution in [2.24, 2.45) is 0 Å². The van der Waals surface area contributed by atoms with Crippen molar-refractivity contribution in [2.45, 2.75) is 19.3 Å². The minimum absolute atomic E-state index is 0.119. The number of hydrogen-bond donors (Lipinski definition) is 3. The fourth-order valence-corrected chi connectivity index (χ4v) is 3.23. The van der Waals surface area contributed by atoms with Gasteiger partial charge in [0.1, 0.15) is 17.3 Å². The number of nitrogens with zero attached hydrogens (tertiary/aromatic N) is 3. The van der Waals surface area contributed by atoms with Gasteiger partial charge in [-0.25, -0.2) is 4.98 Å². The quantitative estimate of drug-likeness (QED) is 0.660. The molecule has 1 saturated heterocycles. The molecule has 1 aromatic carbocycles. The van der Waals surface area contributed by atoms with E-state index in [9.17, 15) is 9.90 Å². The van der Waals surface area contributed by atoms with Crippen molar-refractivity contribution in [1.29, 1.82) is 0 Å². The van der Waals surface area contributed by atoms with Crippen LogP contribution in [0.4, 0.5) is 11.5 Å². The van der Waals surface area contributed by atoms with E-state index in [2.05, 4.69) is 25.4 Å². The molecule has 0 spiro atoms. The molecule has 3 aromatic rings. The van der Waals surface area contributed by atoms with Gasteiger partial charge in [0, 0.05) is 18.7 Å². The summed E-state index contributed by atoms with van der Waals surface area (Å²) in [5, 5.41) is 19.6. The van der Waals surface area contributed by atoms with Gasteiger partial charge in [-0.05, 0) is 49.6 Å². The Bertz CT molecular complexity index is 930. The Hall–Kier alpha value is -3.35. The fourth-order valence-electron chi connectivity index (χ4n) is 3.23. The second kappa shape index (κ2) is 7.49. The predicted octanol–water partition coefficient (Wildman–Crippen LogP) is 3.42. The van der Waals surface area contributed by atoms with E-state index in [1.54, 1.807) is 36.5 Å². The van der Waals surface area contributed by atoms with Crippen molar-refractivity contribution in [3.05, 3.63) is 54.4 Å². The van der Waals surface area contributed by atoms with E-state index < -0.39 is 0 Å². The van der Waals surface area contributed by atoms with Crippen LogP contribution in [0, 0.1) is 0 Å². The molecule has 4 rings (SSSR count). The lowest BCUT2D eigenvalue weighted by Gasteiger charge is -2.27. The van der Waals surface area contributed by atoms with Crippen LogP contribution in [0.2, 0.25) is 0 Å². The molecule has 1 amide bonds. The summed E-state index contributed by atoms with van der Waals surface area (Å²) in [6.07, 6.45) is 5.33. The molecule has 7 heteroatoms. The maximum atomic E-state index is 12.4. The number of rotatable bonds is 4. The van der Waals surface area contributed by atoms with Crippen molar-refractivity contribution in [3.63, 3.8) is 0 Å². The highest BCUT2D eigenvalue weighted by Gasteiger charge is 2.15. The number of hydrogen-bond acceptors (Lipinski definition) is 5. The highest BCUT2D eigenvalue weighted by atomic mass is 16.3. The van der Waals surface area contributed by atoms with Gasteiger partial charge in [0.05, 0.1) is 17.6 Å². The number of phenolic OH excluding ortho intramolecular Hbond substituents is 1. The van der Waals surface area contributed by atoms with Crippen molar-refractivity contribution >= 4 is 17.4 Å². The number of anilines is 2. The summed E-state index contributed by atoms with van der Waals surface area (Å²) in [5.41, 5.74) is 2.02. The molecule has 7 nitrogen and oxygen atoms in total. The summed E-state index contributed by atoms with van der Waals surface area (Å²) in [6, 6.07) is 12.3. The Kier molecular flexibility index (Phi) is 4.74. The van der Waals surface area contributed by atoms with Crippen LogP contribution in [0.1, 0.15) is 29.8 Å². The largest absolute Gasteiger partial charge is 0.507 e. The third kappa shape index (κ3) is 3.76. The number of benzene rings is 1. The van der Waals surface area contributed by atoms with Crippen molar-refractivity contribution in [3.8, 4) is 17.0 Å². The van der Waals surface area contributed by atoms with Gasteiger partial charge in [-0.1, -0.05) is 12.1 Å². The normalized spacial score (nSPS) is 14.1. The number of aromatic amines is 1. The Morgan fingerprint density at radius 3 is 2.67 bits per heavy atom. The number of aromatic nitrogens is 3. The highest BCUT2D eigenvalue weighted by molar-refractivity contribution is 6.03. The molecule has 2 aromatic heterocycles. The van der Waals surface area contributed by atoms with Gasteiger partial charge < -0.3 is 15.3 Å². The van der Waals surface area contributed by atoms with Crippen LogP contribution in [-0.4, -0.2) is 39.3 Å². The van der Waals surface area contributed by atoms with Crippen LogP contribution in [-0.2, 0) is 0 Å². The minimum Gasteiger partial charge on any atom is -0.507 e. The zero-order valence-electron chi connectivity index (χ0n) is 14.9. The molecule has 0 saturated carbocycles. The number of nitrogens with one attached hydrogen (secondary N) is 2. The van der Waals surface area contributed by atoms with E-state index in [0.717, 1.165) is 18.9 Å². The molecule has 27 heavy (non-hydrogen) atoms. The fraction of sp³-hybridized carbons (Fsp3) is 0.250. The molecule has 3 heterocycles. The number of piperidine rings is 1. The van der Waals surface area contributed by atoms with Gasteiger partial charge in [0.25, 0.3) is 5.91 Å². The van der Waals surface area contributed by atoms with Crippen LogP contribution < -0.4 is 10.2 Å². The average molecular weight is 363 g/mol. The first kappa shape index (κ1) is 17.1. The number of amides is 1. The number of pyridine rings is 1. The lowest BCUT2D eigenvalue weighted by Crippen LogP contribution is -2.30. The maximum absolute atomic E-state index is 12.4. The van der Waals surface area contributed by atoms with E-state index in [4.69, 9.17) is 0 Å². The first-order valence-electron chi connectivity index (χ1n) is 9.07. The zero-order valence-corrected chi connectivity index (χ0v) is 14.9. The molecule has 1 aliphatic rings. The smallest absolute Gasteiger partial charge is 0.273 e. The molecule has 1 aliphatic heterocycles. The number of phenols is 1. The van der Waals surface area contributed by atoms with Gasteiger partial charge in [-0.2, -0.15) is 5.10 Å². The van der Waals surface area contributed by atoms with Crippen LogP contribution >= 0.6 is 0 Å². The van der Waals surface area contributed by atoms with Crippen molar-refractivity contribution < 1.29 is 9.90 Å². The number of H-pyrrole nitrogens is 1. The molecule has 0 radical (unpaired) electrons. The number of para-hydroxylation sites is 1. The molecule has 1 fully saturated rings. The maximum Gasteiger partial charge on any atom is 0.273 e. The van der Waals surface area contributed by atoms with Gasteiger partial charge in [0.2, 0.25) is 0 Å². The van der Waals surface area contributed by atoms with E-state index in [0.29, 0.717) is 22.6 Å². The molecule has 138 valence electrons. The Labute approximate surface area is 157 Å². The molecule has 3 N–H and O–H groups in total. The van der Waals surface area contributed by atoms with Crippen LogP contribution in [0.15, 0.2) is 48.7 Å². The van der Waals surface area contributed by atoms with Crippen LogP contribution in [0.25, 0.3) is 11.3 Å². The molecule has 0 unspecified atom stereocenters. The lowest BCUT2D eigenvalue weighted by atomic mass is 10.1. The minimum atomic E-state index is -0.309. The third-order valence-electron chi connectivity index (χ3n) is 4.69. The molecular formula is C20H21N5O2. The Balaban J connectivity index is 1.44. The summed E-state index contributed by atoms with van der Waals surface area (Å²) in [5.74, 6) is 0.751. The highest BCUT2D eigenvalue weighted by Crippen LogP contribution is 2.27. The monoisotopic (exact) mass is 363 g/mol. The van der Waals surface area contributed by atoms with E-state index in [1.807, 2.05) is 12.1 Å². The van der Waals surface area contributed by atoms with Crippen molar-refractivity contribution in [1.82, 2.24) is 15.2 Å². The summed E-state index contributed by atoms with van der Waals surface area (Å²) in [6.45, 7) is 2.06. The third-order valence-corrected chi connectivity index (χ3v) is 4.69. The molecule has 0 atom stereocenters. The van der Waals surface area contributed by atoms with E-state index >= 15 is 0 Å². The number of aromatic hydroxyl groups is 1. The second-order valence-corrected chi connectivity index (χ2v) is 6.59. The van der Waals surface area contributed by atoms with Gasteiger partial charge >= 0.3 is 0 Å². The standard InChI is InChI=1S/C20H21N5O2/c26-18-7-3-2-6-15(18)16-12-17(24-23-16)20(27)22-14-8-9-19(21-13-14)25-10-4-1-5-11-25/h2-3,6-9,12-13,26H,1,4-5,10-11H2,(H,22,27)(H,23,24). The Morgan fingerprint density at radius 1 is 1.11 bits per heavy atom. The number of carbonyl (C=O) groups excluding carboxylic acids is 1. The van der Waals surface area contributed by atoms with Crippen LogP contribution in [0.5, 0.6) is 5.75 Å². The number of carbonyl (C=O) groups is 1. The Morgan fingerprint density at radius 2 is 1.93 bits per heavy atom. The van der Waals surface area contributed by atoms with Crippen molar-refractivity contribution in [2.75, 3.05) is 23.3 Å². The predicted molar refractivity (Wildman–Crippen MR) is 104 cm³/mol. The average Bonchev–Trinajstić information content (AvgIpc) is 3.20. The first-order valence-corrected chi connectivity index (χ1v) is 9.07. The van der Waals surface area contributed by atoms with Crippen LogP contribution in [0.3, 0.4) is 0 Å². The first-order chi connectivity index (χ1) is 13.2. The topological polar surface area (TPSA) is 94.1 Å². The lowest BCUT2D eigenvalue weighted by molar-refractivity contribution is 0.102. The van der Waals surface area contributed by atoms with E-state index in [-0.39, 0.29) is 11.7 Å². The van der Waals surface area contributed by atoms with Gasteiger partial charge in [0.15, 0.2) is 0 Å². The van der Waals surface area contributed by atoms with Gasteiger partial charge in [-0.15, -0.1) is 0 Å². The van der Waals surface area contributed by atoms with E-state index in [1.165, 1.54) is 19.3 Å². The summed E-state index contributed by atoms with van der Waals surface area (Å²) in [4.78, 5) is 19.2. The summed E-state index contributed by atoms with van der Waals surface area (Å²) in [7, 11) is 0. The summed E-state index contributed by atoms with van der Waals surface area (Å²) >= 11 is 0. The molecule has 0 bridgehead atoms. The van der Waals surface area contributed by atoms with Gasteiger partial charge in [-0.3, -0.25) is 9.89 Å². The SMILES string of the molecule is O=C(Nc1ccc(N2CCCCC2)nc1)c1cc(-c2ccccc2O)n[nH]1. The second-order valence-electron chi connectivity index (χ2n) is 6.59. The molecular weight excluding hydrogens is 342 g/mol.